The Balaban J connectivity index is 1.67. The molecule has 1 N–H and O–H groups in total. The summed E-state index contributed by atoms with van der Waals surface area (Å²) in [5.74, 6) is 1.84. The molecule has 3 heterocycles. The summed E-state index contributed by atoms with van der Waals surface area (Å²) in [5.41, 5.74) is 3.75. The van der Waals surface area contributed by atoms with Crippen molar-refractivity contribution in [2.24, 2.45) is 0 Å². The average Bonchev–Trinajstić information content (AvgIpc) is 2.91. The summed E-state index contributed by atoms with van der Waals surface area (Å²) >= 11 is 0. The van der Waals surface area contributed by atoms with Gasteiger partial charge in [0.25, 0.3) is 0 Å². The molecule has 0 spiro atoms. The van der Waals surface area contributed by atoms with E-state index in [9.17, 15) is 5.11 Å². The van der Waals surface area contributed by atoms with Crippen LogP contribution < -0.4 is 9.64 Å². The van der Waals surface area contributed by atoms with Gasteiger partial charge in [0.2, 0.25) is 0 Å². The highest BCUT2D eigenvalue weighted by Gasteiger charge is 2.21. The summed E-state index contributed by atoms with van der Waals surface area (Å²) < 4.78 is 5.83. The van der Waals surface area contributed by atoms with Gasteiger partial charge in [0.1, 0.15) is 6.61 Å². The normalized spacial score (nSPS) is 13.8. The molecule has 0 saturated carbocycles. The van der Waals surface area contributed by atoms with Crippen molar-refractivity contribution in [3.63, 3.8) is 0 Å². The Labute approximate surface area is 158 Å². The third-order valence-electron chi connectivity index (χ3n) is 4.70. The zero-order valence-electron chi connectivity index (χ0n) is 15.5. The Morgan fingerprint density at radius 3 is 2.70 bits per heavy atom. The molecule has 0 bridgehead atoms. The molecule has 0 radical (unpaired) electrons. The quantitative estimate of drug-likeness (QED) is 0.765. The number of aromatic hydroxyl groups is 1. The molecule has 0 aliphatic carbocycles. The Hall–Kier alpha value is -3.15. The fraction of sp³-hybridized carbons (Fsp3) is 0.286. The van der Waals surface area contributed by atoms with Crippen molar-refractivity contribution in [3.05, 3.63) is 60.0 Å². The molecule has 27 heavy (non-hydrogen) atoms. The molecule has 1 aromatic carbocycles. The Bertz CT molecular complexity index is 927. The molecule has 6 nitrogen and oxygen atoms in total. The number of fused-ring (bicyclic) bond motifs is 1. The topological polar surface area (TPSA) is 71.4 Å². The number of hydrogen-bond donors (Lipinski definition) is 1. The molecule has 1 aliphatic heterocycles. The highest BCUT2D eigenvalue weighted by atomic mass is 16.5. The number of rotatable bonds is 3. The van der Waals surface area contributed by atoms with Crippen LogP contribution in [0.5, 0.6) is 11.5 Å². The monoisotopic (exact) mass is 362 g/mol. The SMILES string of the molecule is CC(C)c1ccc(N2CCOc3c(O)cc(-c4cccnc4)cc3C2)nn1. The lowest BCUT2D eigenvalue weighted by Crippen LogP contribution is -2.26. The van der Waals surface area contributed by atoms with Gasteiger partial charge in [-0.1, -0.05) is 19.9 Å². The summed E-state index contributed by atoms with van der Waals surface area (Å²) in [6.45, 7) is 5.93. The van der Waals surface area contributed by atoms with Crippen LogP contribution in [0.3, 0.4) is 0 Å². The van der Waals surface area contributed by atoms with Gasteiger partial charge in [0, 0.05) is 30.1 Å². The number of anilines is 1. The summed E-state index contributed by atoms with van der Waals surface area (Å²) in [7, 11) is 0. The van der Waals surface area contributed by atoms with E-state index < -0.39 is 0 Å². The van der Waals surface area contributed by atoms with Gasteiger partial charge < -0.3 is 14.7 Å². The molecule has 3 aromatic rings. The highest BCUT2D eigenvalue weighted by Crippen LogP contribution is 2.38. The minimum Gasteiger partial charge on any atom is -0.504 e. The van der Waals surface area contributed by atoms with E-state index in [0.717, 1.165) is 28.2 Å². The van der Waals surface area contributed by atoms with E-state index in [4.69, 9.17) is 4.74 Å². The molecule has 138 valence electrons. The third-order valence-corrected chi connectivity index (χ3v) is 4.70. The van der Waals surface area contributed by atoms with E-state index in [1.165, 1.54) is 0 Å². The fourth-order valence-corrected chi connectivity index (χ4v) is 3.21. The van der Waals surface area contributed by atoms with Gasteiger partial charge in [-0.25, -0.2) is 0 Å². The number of nitrogens with zero attached hydrogens (tertiary/aromatic N) is 4. The first-order valence-corrected chi connectivity index (χ1v) is 9.09. The summed E-state index contributed by atoms with van der Waals surface area (Å²) in [6, 6.07) is 11.6. The molecule has 4 rings (SSSR count). The van der Waals surface area contributed by atoms with Crippen LogP contribution >= 0.6 is 0 Å². The maximum Gasteiger partial charge on any atom is 0.166 e. The van der Waals surface area contributed by atoms with Crippen molar-refractivity contribution >= 4 is 5.82 Å². The van der Waals surface area contributed by atoms with Crippen molar-refractivity contribution < 1.29 is 9.84 Å². The average molecular weight is 362 g/mol. The Morgan fingerprint density at radius 2 is 2.00 bits per heavy atom. The van der Waals surface area contributed by atoms with E-state index in [0.29, 0.717) is 31.4 Å². The summed E-state index contributed by atoms with van der Waals surface area (Å²) in [5, 5.41) is 19.2. The number of pyridine rings is 1. The van der Waals surface area contributed by atoms with Crippen LogP contribution in [0.15, 0.2) is 48.8 Å². The molecule has 0 fully saturated rings. The van der Waals surface area contributed by atoms with Crippen molar-refractivity contribution in [3.8, 4) is 22.6 Å². The number of phenols is 1. The summed E-state index contributed by atoms with van der Waals surface area (Å²) in [6.07, 6.45) is 3.52. The molecule has 0 amide bonds. The molecule has 2 aromatic heterocycles. The van der Waals surface area contributed by atoms with E-state index >= 15 is 0 Å². The first-order valence-electron chi connectivity index (χ1n) is 9.09. The van der Waals surface area contributed by atoms with Crippen molar-refractivity contribution in [2.45, 2.75) is 26.3 Å². The second-order valence-corrected chi connectivity index (χ2v) is 6.97. The van der Waals surface area contributed by atoms with Gasteiger partial charge in [0.15, 0.2) is 17.3 Å². The molecule has 0 unspecified atom stereocenters. The van der Waals surface area contributed by atoms with Crippen LogP contribution in [0.25, 0.3) is 11.1 Å². The van der Waals surface area contributed by atoms with Gasteiger partial charge in [-0.3, -0.25) is 4.98 Å². The predicted molar refractivity (Wildman–Crippen MR) is 104 cm³/mol. The smallest absolute Gasteiger partial charge is 0.166 e. The predicted octanol–water partition coefficient (Wildman–Crippen LogP) is 3.77. The number of phenolic OH excluding ortho intramolecular Hbond substituents is 1. The number of aromatic nitrogens is 3. The van der Waals surface area contributed by atoms with Crippen LogP contribution in [-0.2, 0) is 6.54 Å². The molecule has 6 heteroatoms. The first-order chi connectivity index (χ1) is 13.1. The Kier molecular flexibility index (Phi) is 4.62. The highest BCUT2D eigenvalue weighted by molar-refractivity contribution is 5.68. The second kappa shape index (κ2) is 7.23. The van der Waals surface area contributed by atoms with Gasteiger partial charge in [-0.05, 0) is 41.8 Å². The largest absolute Gasteiger partial charge is 0.504 e. The van der Waals surface area contributed by atoms with Crippen molar-refractivity contribution in [1.29, 1.82) is 0 Å². The van der Waals surface area contributed by atoms with Crippen LogP contribution in [-0.4, -0.2) is 33.4 Å². The lowest BCUT2D eigenvalue weighted by molar-refractivity contribution is 0.311. The minimum absolute atomic E-state index is 0.148. The van der Waals surface area contributed by atoms with Crippen LogP contribution in [0.2, 0.25) is 0 Å². The Morgan fingerprint density at radius 1 is 1.11 bits per heavy atom. The van der Waals surface area contributed by atoms with Crippen LogP contribution in [0, 0.1) is 0 Å². The van der Waals surface area contributed by atoms with Gasteiger partial charge in [-0.15, -0.1) is 5.10 Å². The van der Waals surface area contributed by atoms with Crippen molar-refractivity contribution in [1.82, 2.24) is 15.2 Å². The van der Waals surface area contributed by atoms with E-state index in [1.54, 1.807) is 18.5 Å². The maximum absolute atomic E-state index is 10.5. The second-order valence-electron chi connectivity index (χ2n) is 6.97. The number of hydrogen-bond acceptors (Lipinski definition) is 6. The lowest BCUT2D eigenvalue weighted by atomic mass is 10.0. The third kappa shape index (κ3) is 3.56. The zero-order chi connectivity index (χ0) is 18.8. The van der Waals surface area contributed by atoms with E-state index in [2.05, 4.69) is 33.9 Å². The number of benzene rings is 1. The van der Waals surface area contributed by atoms with Gasteiger partial charge in [0.05, 0.1) is 12.2 Å². The molecule has 1 aliphatic rings. The molecular weight excluding hydrogens is 340 g/mol. The molecule has 0 atom stereocenters. The lowest BCUT2D eigenvalue weighted by Gasteiger charge is -2.21. The number of ether oxygens (including phenoxy) is 1. The van der Waals surface area contributed by atoms with Crippen LogP contribution in [0.4, 0.5) is 5.82 Å². The maximum atomic E-state index is 10.5. The standard InChI is InChI=1S/C21H22N4O2/c1-14(2)18-5-6-20(24-23-18)25-8-9-27-21-17(13-25)10-16(11-19(21)26)15-4-3-7-22-12-15/h3-7,10-12,14,26H,8-9,13H2,1-2H3. The minimum atomic E-state index is 0.148. The fourth-order valence-electron chi connectivity index (χ4n) is 3.21. The van der Waals surface area contributed by atoms with E-state index in [1.807, 2.05) is 30.3 Å². The molecular formula is C21H22N4O2. The zero-order valence-corrected chi connectivity index (χ0v) is 15.5. The first kappa shape index (κ1) is 17.3. The van der Waals surface area contributed by atoms with Gasteiger partial charge in [-0.2, -0.15) is 5.10 Å². The van der Waals surface area contributed by atoms with Crippen LogP contribution in [0.1, 0.15) is 31.0 Å². The summed E-state index contributed by atoms with van der Waals surface area (Å²) in [4.78, 5) is 6.29. The molecule has 0 saturated heterocycles. The van der Waals surface area contributed by atoms with E-state index in [-0.39, 0.29) is 5.75 Å². The van der Waals surface area contributed by atoms with Crippen molar-refractivity contribution in [2.75, 3.05) is 18.1 Å². The van der Waals surface area contributed by atoms with Gasteiger partial charge >= 0.3 is 0 Å².